The molecule has 29 heavy (non-hydrogen) atoms. The third-order valence-electron chi connectivity index (χ3n) is 5.51. The Morgan fingerprint density at radius 3 is 2.14 bits per heavy atom. The first-order chi connectivity index (χ1) is 14.3. The Hall–Kier alpha value is -3.31. The van der Waals surface area contributed by atoms with Crippen LogP contribution >= 0.6 is 0 Å². The SMILES string of the molecule is O=C(c1cccc2nc3ccccc3nc12)N1CCN(Cc2ccccc2)CC1. The first-order valence-electron chi connectivity index (χ1n) is 9.99. The fourth-order valence-electron chi connectivity index (χ4n) is 3.94. The number of aromatic nitrogens is 2. The first kappa shape index (κ1) is 17.8. The highest BCUT2D eigenvalue weighted by Gasteiger charge is 2.24. The van der Waals surface area contributed by atoms with Crippen LogP contribution in [0.2, 0.25) is 0 Å². The lowest BCUT2D eigenvalue weighted by Crippen LogP contribution is -2.48. The Bertz CT molecular complexity index is 1170. The lowest BCUT2D eigenvalue weighted by molar-refractivity contribution is 0.0630. The van der Waals surface area contributed by atoms with Crippen molar-refractivity contribution in [1.29, 1.82) is 0 Å². The molecule has 0 radical (unpaired) electrons. The van der Waals surface area contributed by atoms with E-state index in [9.17, 15) is 4.79 Å². The second-order valence-electron chi connectivity index (χ2n) is 7.44. The number of para-hydroxylation sites is 3. The average molecular weight is 382 g/mol. The summed E-state index contributed by atoms with van der Waals surface area (Å²) in [6.45, 7) is 4.13. The molecule has 1 fully saturated rings. The van der Waals surface area contributed by atoms with E-state index < -0.39 is 0 Å². The van der Waals surface area contributed by atoms with E-state index in [1.165, 1.54) is 5.56 Å². The molecule has 1 aliphatic heterocycles. The number of piperazine rings is 1. The number of fused-ring (bicyclic) bond motifs is 2. The van der Waals surface area contributed by atoms with Gasteiger partial charge in [-0.2, -0.15) is 0 Å². The van der Waals surface area contributed by atoms with E-state index in [-0.39, 0.29) is 5.91 Å². The van der Waals surface area contributed by atoms with Gasteiger partial charge in [0.15, 0.2) is 0 Å². The number of amides is 1. The monoisotopic (exact) mass is 382 g/mol. The zero-order valence-corrected chi connectivity index (χ0v) is 16.2. The molecular formula is C24H22N4O. The molecule has 1 aromatic heterocycles. The maximum absolute atomic E-state index is 13.3. The Balaban J connectivity index is 1.36. The van der Waals surface area contributed by atoms with E-state index in [1.54, 1.807) is 0 Å². The van der Waals surface area contributed by atoms with Gasteiger partial charge in [-0.3, -0.25) is 9.69 Å². The van der Waals surface area contributed by atoms with E-state index in [2.05, 4.69) is 34.1 Å². The molecule has 3 aromatic carbocycles. The topological polar surface area (TPSA) is 49.3 Å². The normalized spacial score (nSPS) is 15.1. The smallest absolute Gasteiger partial charge is 0.256 e. The molecule has 0 bridgehead atoms. The highest BCUT2D eigenvalue weighted by atomic mass is 16.2. The van der Waals surface area contributed by atoms with Gasteiger partial charge in [0.2, 0.25) is 0 Å². The summed E-state index contributed by atoms with van der Waals surface area (Å²) in [7, 11) is 0. The molecule has 1 aliphatic rings. The summed E-state index contributed by atoms with van der Waals surface area (Å²) in [4.78, 5) is 27.0. The van der Waals surface area contributed by atoms with Crippen molar-refractivity contribution in [2.75, 3.05) is 26.2 Å². The number of nitrogens with zero attached hydrogens (tertiary/aromatic N) is 4. The zero-order chi connectivity index (χ0) is 19.6. The van der Waals surface area contributed by atoms with Crippen molar-refractivity contribution in [2.24, 2.45) is 0 Å². The number of hydrogen-bond donors (Lipinski definition) is 0. The van der Waals surface area contributed by atoms with E-state index in [1.807, 2.05) is 53.4 Å². The third kappa shape index (κ3) is 3.57. The van der Waals surface area contributed by atoms with Crippen LogP contribution in [0.25, 0.3) is 22.1 Å². The van der Waals surface area contributed by atoms with Gasteiger partial charge < -0.3 is 4.90 Å². The van der Waals surface area contributed by atoms with Crippen molar-refractivity contribution in [1.82, 2.24) is 19.8 Å². The number of carbonyl (C=O) groups excluding carboxylic acids is 1. The molecule has 1 saturated heterocycles. The molecule has 4 aromatic rings. The number of rotatable bonds is 3. The maximum Gasteiger partial charge on any atom is 0.256 e. The maximum atomic E-state index is 13.3. The molecule has 0 atom stereocenters. The minimum atomic E-state index is 0.0412. The molecule has 0 spiro atoms. The van der Waals surface area contributed by atoms with Gasteiger partial charge in [0, 0.05) is 32.7 Å². The van der Waals surface area contributed by atoms with E-state index in [0.717, 1.165) is 49.3 Å². The molecule has 144 valence electrons. The molecule has 2 heterocycles. The highest BCUT2D eigenvalue weighted by Crippen LogP contribution is 2.21. The molecule has 0 N–H and O–H groups in total. The Kier molecular flexibility index (Phi) is 4.66. The van der Waals surface area contributed by atoms with Crippen molar-refractivity contribution in [3.8, 4) is 0 Å². The molecule has 0 unspecified atom stereocenters. The van der Waals surface area contributed by atoms with Crippen molar-refractivity contribution in [2.45, 2.75) is 6.54 Å². The van der Waals surface area contributed by atoms with Gasteiger partial charge in [0.1, 0.15) is 5.52 Å². The van der Waals surface area contributed by atoms with Crippen LogP contribution in [-0.2, 0) is 6.54 Å². The van der Waals surface area contributed by atoms with Crippen molar-refractivity contribution in [3.63, 3.8) is 0 Å². The summed E-state index contributed by atoms with van der Waals surface area (Å²) < 4.78 is 0. The molecular weight excluding hydrogens is 360 g/mol. The van der Waals surface area contributed by atoms with Gasteiger partial charge in [-0.15, -0.1) is 0 Å². The Morgan fingerprint density at radius 2 is 1.38 bits per heavy atom. The molecule has 5 rings (SSSR count). The zero-order valence-electron chi connectivity index (χ0n) is 16.2. The Morgan fingerprint density at radius 1 is 0.724 bits per heavy atom. The molecule has 0 saturated carbocycles. The molecule has 0 aliphatic carbocycles. The fourth-order valence-corrected chi connectivity index (χ4v) is 3.94. The van der Waals surface area contributed by atoms with Crippen LogP contribution in [-0.4, -0.2) is 51.9 Å². The van der Waals surface area contributed by atoms with Crippen LogP contribution in [0, 0.1) is 0 Å². The van der Waals surface area contributed by atoms with Gasteiger partial charge in [0.25, 0.3) is 5.91 Å². The number of hydrogen-bond acceptors (Lipinski definition) is 4. The van der Waals surface area contributed by atoms with Crippen LogP contribution in [0.3, 0.4) is 0 Å². The lowest BCUT2D eigenvalue weighted by Gasteiger charge is -2.34. The standard InChI is InChI=1S/C24H22N4O/c29-24(28-15-13-27(14-16-28)17-18-7-2-1-3-8-18)19-9-6-12-22-23(19)26-21-11-5-4-10-20(21)25-22/h1-12H,13-17H2. The summed E-state index contributed by atoms with van der Waals surface area (Å²) in [5, 5.41) is 0. The van der Waals surface area contributed by atoms with Gasteiger partial charge in [-0.05, 0) is 29.8 Å². The second-order valence-corrected chi connectivity index (χ2v) is 7.44. The first-order valence-corrected chi connectivity index (χ1v) is 9.99. The molecule has 5 heteroatoms. The fraction of sp³-hybridized carbons (Fsp3) is 0.208. The molecule has 5 nitrogen and oxygen atoms in total. The van der Waals surface area contributed by atoms with E-state index in [4.69, 9.17) is 4.98 Å². The van der Waals surface area contributed by atoms with Crippen LogP contribution in [0.4, 0.5) is 0 Å². The summed E-state index contributed by atoms with van der Waals surface area (Å²) >= 11 is 0. The van der Waals surface area contributed by atoms with Crippen molar-refractivity contribution < 1.29 is 4.79 Å². The minimum Gasteiger partial charge on any atom is -0.336 e. The molecule has 1 amide bonds. The van der Waals surface area contributed by atoms with Crippen LogP contribution < -0.4 is 0 Å². The van der Waals surface area contributed by atoms with Gasteiger partial charge >= 0.3 is 0 Å². The van der Waals surface area contributed by atoms with Crippen LogP contribution in [0.15, 0.2) is 72.8 Å². The largest absolute Gasteiger partial charge is 0.336 e. The summed E-state index contributed by atoms with van der Waals surface area (Å²) in [5.41, 5.74) is 5.05. The van der Waals surface area contributed by atoms with Crippen molar-refractivity contribution in [3.05, 3.63) is 83.9 Å². The van der Waals surface area contributed by atoms with Gasteiger partial charge in [-0.1, -0.05) is 48.5 Å². The minimum absolute atomic E-state index is 0.0412. The second kappa shape index (κ2) is 7.60. The summed E-state index contributed by atoms with van der Waals surface area (Å²) in [5.74, 6) is 0.0412. The third-order valence-corrected chi connectivity index (χ3v) is 5.51. The predicted octanol–water partition coefficient (Wildman–Crippen LogP) is 3.74. The van der Waals surface area contributed by atoms with Gasteiger partial charge in [-0.25, -0.2) is 9.97 Å². The number of benzene rings is 3. The van der Waals surface area contributed by atoms with Gasteiger partial charge in [0.05, 0.1) is 22.1 Å². The highest BCUT2D eigenvalue weighted by molar-refractivity contribution is 6.06. The lowest BCUT2D eigenvalue weighted by atomic mass is 10.1. The van der Waals surface area contributed by atoms with Crippen molar-refractivity contribution >= 4 is 28.0 Å². The van der Waals surface area contributed by atoms with Crippen LogP contribution in [0.1, 0.15) is 15.9 Å². The van der Waals surface area contributed by atoms with Crippen LogP contribution in [0.5, 0.6) is 0 Å². The quantitative estimate of drug-likeness (QED) is 0.507. The van der Waals surface area contributed by atoms with E-state index in [0.29, 0.717) is 11.1 Å². The summed E-state index contributed by atoms with van der Waals surface area (Å²) in [6, 6.07) is 23.9. The summed E-state index contributed by atoms with van der Waals surface area (Å²) in [6.07, 6.45) is 0. The predicted molar refractivity (Wildman–Crippen MR) is 115 cm³/mol. The average Bonchev–Trinajstić information content (AvgIpc) is 2.78. The Labute approximate surface area is 169 Å². The number of carbonyl (C=O) groups is 1. The van der Waals surface area contributed by atoms with E-state index >= 15 is 0 Å².